The lowest BCUT2D eigenvalue weighted by atomic mass is 10.1. The van der Waals surface area contributed by atoms with Crippen molar-refractivity contribution in [2.24, 2.45) is 0 Å². The lowest BCUT2D eigenvalue weighted by Crippen LogP contribution is -2.14. The number of hydrogen-bond acceptors (Lipinski definition) is 3. The Kier molecular flexibility index (Phi) is 5.28. The van der Waals surface area contributed by atoms with Crippen molar-refractivity contribution in [2.75, 3.05) is 5.32 Å². The number of rotatable bonds is 4. The predicted octanol–water partition coefficient (Wildman–Crippen LogP) is 5.14. The van der Waals surface area contributed by atoms with E-state index in [1.807, 2.05) is 19.1 Å². The van der Waals surface area contributed by atoms with Crippen LogP contribution in [0.2, 0.25) is 5.02 Å². The fourth-order valence-electron chi connectivity index (χ4n) is 2.61. The Labute approximate surface area is 156 Å². The number of carbonyl (C=O) groups is 1. The summed E-state index contributed by atoms with van der Waals surface area (Å²) < 4.78 is 12.7. The molecule has 0 saturated heterocycles. The molecule has 1 N–H and O–H groups in total. The lowest BCUT2D eigenvalue weighted by Gasteiger charge is -2.11. The number of alkyl halides is 1. The number of aromatic nitrogens is 2. The molecule has 0 bridgehead atoms. The Morgan fingerprint density at radius 2 is 1.96 bits per heavy atom. The molecule has 4 nitrogen and oxygen atoms in total. The zero-order chi connectivity index (χ0) is 18.7. The van der Waals surface area contributed by atoms with Crippen molar-refractivity contribution >= 4 is 23.2 Å². The molecule has 1 aromatic carbocycles. The molecule has 2 heterocycles. The third-order valence-corrected chi connectivity index (χ3v) is 4.27. The number of nitrogens with one attached hydrogen (secondary N) is 1. The first-order valence-corrected chi connectivity index (χ1v) is 8.42. The molecule has 132 valence electrons. The van der Waals surface area contributed by atoms with E-state index in [9.17, 15) is 9.18 Å². The van der Waals surface area contributed by atoms with Gasteiger partial charge in [-0.05, 0) is 61.9 Å². The fourth-order valence-corrected chi connectivity index (χ4v) is 2.82. The zero-order valence-corrected chi connectivity index (χ0v) is 15.1. The summed E-state index contributed by atoms with van der Waals surface area (Å²) in [6.45, 7) is 2.99. The maximum atomic E-state index is 12.7. The summed E-state index contributed by atoms with van der Waals surface area (Å²) in [7, 11) is 0. The highest BCUT2D eigenvalue weighted by Gasteiger charge is 2.13. The number of halogens is 2. The largest absolute Gasteiger partial charge is 0.322 e. The van der Waals surface area contributed by atoms with Gasteiger partial charge in [0.05, 0.1) is 27.7 Å². The molecule has 3 aromatic rings. The van der Waals surface area contributed by atoms with Gasteiger partial charge in [-0.3, -0.25) is 14.8 Å². The van der Waals surface area contributed by atoms with Crippen LogP contribution < -0.4 is 5.32 Å². The van der Waals surface area contributed by atoms with E-state index in [2.05, 4.69) is 15.3 Å². The summed E-state index contributed by atoms with van der Waals surface area (Å²) in [6.07, 6.45) is 1.72. The van der Waals surface area contributed by atoms with Crippen LogP contribution in [0.4, 0.5) is 10.1 Å². The summed E-state index contributed by atoms with van der Waals surface area (Å²) in [5, 5.41) is 3.38. The second-order valence-electron chi connectivity index (χ2n) is 5.94. The van der Waals surface area contributed by atoms with Gasteiger partial charge in [-0.15, -0.1) is 0 Å². The first-order valence-electron chi connectivity index (χ1n) is 8.04. The third-order valence-electron chi connectivity index (χ3n) is 3.94. The first-order chi connectivity index (χ1) is 12.5. The second-order valence-corrected chi connectivity index (χ2v) is 6.34. The molecule has 26 heavy (non-hydrogen) atoms. The molecular formula is C20H17ClFN3O. The van der Waals surface area contributed by atoms with Crippen LogP contribution in [0.1, 0.15) is 27.3 Å². The third kappa shape index (κ3) is 3.89. The van der Waals surface area contributed by atoms with Crippen LogP contribution in [-0.2, 0) is 6.67 Å². The van der Waals surface area contributed by atoms with Gasteiger partial charge in [0.1, 0.15) is 6.67 Å². The predicted molar refractivity (Wildman–Crippen MR) is 101 cm³/mol. The maximum absolute atomic E-state index is 12.7. The Morgan fingerprint density at radius 1 is 1.15 bits per heavy atom. The minimum absolute atomic E-state index is 0.304. The van der Waals surface area contributed by atoms with Crippen molar-refractivity contribution in [1.29, 1.82) is 0 Å². The summed E-state index contributed by atoms with van der Waals surface area (Å²) in [6, 6.07) is 12.1. The number of aryl methyl sites for hydroxylation is 2. The number of anilines is 1. The number of benzene rings is 1. The monoisotopic (exact) mass is 369 g/mol. The van der Waals surface area contributed by atoms with Crippen LogP contribution in [0.15, 0.2) is 48.7 Å². The van der Waals surface area contributed by atoms with E-state index in [1.54, 1.807) is 37.4 Å². The number of hydrogen-bond donors (Lipinski definition) is 1. The van der Waals surface area contributed by atoms with Gasteiger partial charge < -0.3 is 5.32 Å². The van der Waals surface area contributed by atoms with Gasteiger partial charge in [0.25, 0.3) is 5.91 Å². The average Bonchev–Trinajstić information content (AvgIpc) is 2.63. The molecule has 0 aliphatic rings. The number of amides is 1. The smallest absolute Gasteiger partial charge is 0.257 e. The van der Waals surface area contributed by atoms with Crippen LogP contribution in [0.3, 0.4) is 0 Å². The number of pyridine rings is 2. The molecule has 0 spiro atoms. The molecule has 0 fully saturated rings. The van der Waals surface area contributed by atoms with Crippen molar-refractivity contribution in [2.45, 2.75) is 20.5 Å². The van der Waals surface area contributed by atoms with Gasteiger partial charge in [0, 0.05) is 17.4 Å². The van der Waals surface area contributed by atoms with E-state index in [0.29, 0.717) is 27.7 Å². The molecule has 0 atom stereocenters. The molecule has 3 rings (SSSR count). The van der Waals surface area contributed by atoms with Crippen molar-refractivity contribution in [3.8, 4) is 11.3 Å². The summed E-state index contributed by atoms with van der Waals surface area (Å²) in [5.74, 6) is -0.314. The van der Waals surface area contributed by atoms with Crippen LogP contribution >= 0.6 is 11.6 Å². The molecular weight excluding hydrogens is 353 g/mol. The Morgan fingerprint density at radius 3 is 2.65 bits per heavy atom. The molecule has 0 saturated carbocycles. The van der Waals surface area contributed by atoms with Crippen LogP contribution in [-0.4, -0.2) is 15.9 Å². The fraction of sp³-hybridized carbons (Fsp3) is 0.150. The molecule has 0 radical (unpaired) electrons. The van der Waals surface area contributed by atoms with Crippen LogP contribution in [0.5, 0.6) is 0 Å². The molecule has 0 aliphatic carbocycles. The quantitative estimate of drug-likeness (QED) is 0.693. The summed E-state index contributed by atoms with van der Waals surface area (Å²) in [4.78, 5) is 20.9. The van der Waals surface area contributed by atoms with Crippen molar-refractivity contribution < 1.29 is 9.18 Å². The lowest BCUT2D eigenvalue weighted by molar-refractivity contribution is 0.102. The average molecular weight is 370 g/mol. The van der Waals surface area contributed by atoms with E-state index >= 15 is 0 Å². The van der Waals surface area contributed by atoms with Gasteiger partial charge in [-0.1, -0.05) is 11.6 Å². The normalized spacial score (nSPS) is 10.6. The standard InChI is InChI=1S/C20H17ClFN3O/c1-12-7-8-23-19(9-12)17-10-14(4-6-18(17)21)25-20(26)16-5-3-15(11-22)24-13(16)2/h3-10H,11H2,1-2H3,(H,25,26). The number of carbonyl (C=O) groups excluding carboxylic acids is 1. The maximum Gasteiger partial charge on any atom is 0.257 e. The molecule has 0 aliphatic heterocycles. The van der Waals surface area contributed by atoms with Gasteiger partial charge in [0.2, 0.25) is 0 Å². The minimum Gasteiger partial charge on any atom is -0.322 e. The molecule has 0 unspecified atom stereocenters. The first kappa shape index (κ1) is 18.0. The SMILES string of the molecule is Cc1ccnc(-c2cc(NC(=O)c3ccc(CF)nc3C)ccc2Cl)c1. The number of nitrogens with zero attached hydrogens (tertiary/aromatic N) is 2. The van der Waals surface area contributed by atoms with Gasteiger partial charge in [0.15, 0.2) is 0 Å². The highest BCUT2D eigenvalue weighted by molar-refractivity contribution is 6.33. The second kappa shape index (κ2) is 7.62. The van der Waals surface area contributed by atoms with Crippen molar-refractivity contribution in [1.82, 2.24) is 9.97 Å². The van der Waals surface area contributed by atoms with E-state index in [1.165, 1.54) is 6.07 Å². The van der Waals surface area contributed by atoms with Crippen molar-refractivity contribution in [3.05, 3.63) is 76.2 Å². The molecule has 1 amide bonds. The van der Waals surface area contributed by atoms with Gasteiger partial charge >= 0.3 is 0 Å². The van der Waals surface area contributed by atoms with Crippen LogP contribution in [0.25, 0.3) is 11.3 Å². The summed E-state index contributed by atoms with van der Waals surface area (Å²) in [5.41, 5.74) is 4.30. The summed E-state index contributed by atoms with van der Waals surface area (Å²) >= 11 is 6.30. The van der Waals surface area contributed by atoms with E-state index in [0.717, 1.165) is 16.8 Å². The Bertz CT molecular complexity index is 975. The van der Waals surface area contributed by atoms with Gasteiger partial charge in [-0.2, -0.15) is 0 Å². The highest BCUT2D eigenvalue weighted by Crippen LogP contribution is 2.30. The highest BCUT2D eigenvalue weighted by atomic mass is 35.5. The minimum atomic E-state index is -0.660. The van der Waals surface area contributed by atoms with E-state index in [-0.39, 0.29) is 5.91 Å². The van der Waals surface area contributed by atoms with Crippen molar-refractivity contribution in [3.63, 3.8) is 0 Å². The van der Waals surface area contributed by atoms with Gasteiger partial charge in [-0.25, -0.2) is 4.39 Å². The van der Waals surface area contributed by atoms with Crippen LogP contribution in [0, 0.1) is 13.8 Å². The van der Waals surface area contributed by atoms with E-state index < -0.39 is 6.67 Å². The zero-order valence-electron chi connectivity index (χ0n) is 14.4. The molecule has 2 aromatic heterocycles. The molecule has 6 heteroatoms. The topological polar surface area (TPSA) is 54.9 Å². The Hall–Kier alpha value is -2.79. The Balaban J connectivity index is 1.89. The van der Waals surface area contributed by atoms with E-state index in [4.69, 9.17) is 11.6 Å².